The molecule has 3 aromatic rings. The van der Waals surface area contributed by atoms with Gasteiger partial charge in [-0.25, -0.2) is 4.68 Å². The Labute approximate surface area is 182 Å². The molecule has 7 heteroatoms. The minimum absolute atomic E-state index is 0.0849. The second-order valence-corrected chi connectivity index (χ2v) is 7.87. The molecule has 0 atom stereocenters. The number of amides is 1. The summed E-state index contributed by atoms with van der Waals surface area (Å²) in [5.74, 6) is -0.0849. The van der Waals surface area contributed by atoms with Crippen LogP contribution in [0, 0.1) is 0 Å². The van der Waals surface area contributed by atoms with Crippen molar-refractivity contribution in [3.8, 4) is 5.69 Å². The van der Waals surface area contributed by atoms with Gasteiger partial charge in [0.1, 0.15) is 0 Å². The van der Waals surface area contributed by atoms with Crippen LogP contribution in [-0.2, 0) is 11.2 Å². The summed E-state index contributed by atoms with van der Waals surface area (Å²) in [7, 11) is 0. The van der Waals surface area contributed by atoms with Gasteiger partial charge in [-0.1, -0.05) is 36.7 Å². The average Bonchev–Trinajstić information content (AvgIpc) is 3.23. The number of anilines is 2. The summed E-state index contributed by atoms with van der Waals surface area (Å²) in [5, 5.41) is 8.03. The Morgan fingerprint density at radius 1 is 1.10 bits per heavy atom. The Morgan fingerprint density at radius 2 is 1.87 bits per heavy atom. The summed E-state index contributed by atoms with van der Waals surface area (Å²) in [6.45, 7) is 7.15. The van der Waals surface area contributed by atoms with Crippen LogP contribution in [0.2, 0.25) is 5.02 Å². The van der Waals surface area contributed by atoms with E-state index in [1.54, 1.807) is 10.9 Å². The molecule has 1 fully saturated rings. The van der Waals surface area contributed by atoms with Gasteiger partial charge in [0.15, 0.2) is 0 Å². The van der Waals surface area contributed by atoms with Gasteiger partial charge in [0.2, 0.25) is 5.91 Å². The molecule has 1 saturated heterocycles. The topological polar surface area (TPSA) is 53.4 Å². The molecule has 4 rings (SSSR count). The van der Waals surface area contributed by atoms with E-state index in [0.717, 1.165) is 55.3 Å². The van der Waals surface area contributed by atoms with Crippen molar-refractivity contribution in [2.45, 2.75) is 13.3 Å². The quantitative estimate of drug-likeness (QED) is 0.654. The third kappa shape index (κ3) is 4.83. The van der Waals surface area contributed by atoms with Gasteiger partial charge < -0.3 is 15.1 Å². The molecule has 156 valence electrons. The van der Waals surface area contributed by atoms with Gasteiger partial charge >= 0.3 is 0 Å². The standard InChI is InChI=1S/C23H26ClN5O/c1-2-27-10-12-28(13-11-27)22-9-8-19(24)15-21(22)26-23(30)14-18-16-25-29(17-18)20-6-4-3-5-7-20/h3-9,15-17H,2,10-14H2,1H3,(H,26,30). The molecule has 0 aliphatic carbocycles. The third-order valence-electron chi connectivity index (χ3n) is 5.41. The van der Waals surface area contributed by atoms with Crippen LogP contribution < -0.4 is 10.2 Å². The lowest BCUT2D eigenvalue weighted by atomic mass is 10.2. The van der Waals surface area contributed by atoms with E-state index in [1.165, 1.54) is 0 Å². The normalized spacial score (nSPS) is 14.7. The van der Waals surface area contributed by atoms with Gasteiger partial charge in [-0.3, -0.25) is 4.79 Å². The molecule has 30 heavy (non-hydrogen) atoms. The molecule has 0 radical (unpaired) electrons. The average molecular weight is 424 g/mol. The number of hydrogen-bond acceptors (Lipinski definition) is 4. The highest BCUT2D eigenvalue weighted by atomic mass is 35.5. The number of carbonyl (C=O) groups excluding carboxylic acids is 1. The van der Waals surface area contributed by atoms with Crippen molar-refractivity contribution in [1.82, 2.24) is 14.7 Å². The van der Waals surface area contributed by atoms with Gasteiger partial charge in [-0.15, -0.1) is 0 Å². The van der Waals surface area contributed by atoms with Crippen molar-refractivity contribution in [3.05, 3.63) is 71.5 Å². The van der Waals surface area contributed by atoms with Crippen LogP contribution in [0.15, 0.2) is 60.9 Å². The number of nitrogens with one attached hydrogen (secondary N) is 1. The van der Waals surface area contributed by atoms with Crippen molar-refractivity contribution in [1.29, 1.82) is 0 Å². The molecular weight excluding hydrogens is 398 g/mol. The first-order chi connectivity index (χ1) is 14.6. The van der Waals surface area contributed by atoms with Crippen LogP contribution in [0.4, 0.5) is 11.4 Å². The van der Waals surface area contributed by atoms with E-state index < -0.39 is 0 Å². The molecule has 1 aliphatic rings. The molecule has 0 spiro atoms. The van der Waals surface area contributed by atoms with Gasteiger partial charge in [0, 0.05) is 37.4 Å². The Bertz CT molecular complexity index is 996. The maximum atomic E-state index is 12.8. The van der Waals surface area contributed by atoms with Gasteiger partial charge in [0.25, 0.3) is 0 Å². The van der Waals surface area contributed by atoms with Crippen LogP contribution in [0.1, 0.15) is 12.5 Å². The first-order valence-corrected chi connectivity index (χ1v) is 10.7. The summed E-state index contributed by atoms with van der Waals surface area (Å²) in [5.41, 5.74) is 3.60. The number of rotatable bonds is 6. The number of aromatic nitrogens is 2. The zero-order valence-electron chi connectivity index (χ0n) is 17.1. The molecule has 6 nitrogen and oxygen atoms in total. The fourth-order valence-electron chi connectivity index (χ4n) is 3.74. The summed E-state index contributed by atoms with van der Waals surface area (Å²) in [6.07, 6.45) is 3.87. The lowest BCUT2D eigenvalue weighted by molar-refractivity contribution is -0.115. The largest absolute Gasteiger partial charge is 0.367 e. The predicted molar refractivity (Wildman–Crippen MR) is 122 cm³/mol. The molecule has 1 aromatic heterocycles. The zero-order valence-corrected chi connectivity index (χ0v) is 17.8. The van der Waals surface area contributed by atoms with Crippen molar-refractivity contribution in [2.75, 3.05) is 42.9 Å². The fraction of sp³-hybridized carbons (Fsp3) is 0.304. The summed E-state index contributed by atoms with van der Waals surface area (Å²) >= 11 is 6.22. The number of hydrogen-bond donors (Lipinski definition) is 1. The van der Waals surface area contributed by atoms with Crippen molar-refractivity contribution in [2.24, 2.45) is 0 Å². The monoisotopic (exact) mass is 423 g/mol. The molecule has 0 bridgehead atoms. The fourth-order valence-corrected chi connectivity index (χ4v) is 3.91. The van der Waals surface area contributed by atoms with E-state index >= 15 is 0 Å². The molecular formula is C23H26ClN5O. The second-order valence-electron chi connectivity index (χ2n) is 7.44. The lowest BCUT2D eigenvalue weighted by Gasteiger charge is -2.36. The SMILES string of the molecule is CCN1CCN(c2ccc(Cl)cc2NC(=O)Cc2cnn(-c3ccccc3)c2)CC1. The Kier molecular flexibility index (Phi) is 6.35. The highest BCUT2D eigenvalue weighted by molar-refractivity contribution is 6.31. The predicted octanol–water partition coefficient (Wildman–Crippen LogP) is 3.85. The Hall–Kier alpha value is -2.83. The lowest BCUT2D eigenvalue weighted by Crippen LogP contribution is -2.46. The van der Waals surface area contributed by atoms with Crippen LogP contribution in [-0.4, -0.2) is 53.3 Å². The van der Waals surface area contributed by atoms with Crippen molar-refractivity contribution in [3.63, 3.8) is 0 Å². The highest BCUT2D eigenvalue weighted by Crippen LogP contribution is 2.30. The molecule has 0 unspecified atom stereocenters. The van der Waals surface area contributed by atoms with E-state index in [2.05, 4.69) is 27.1 Å². The molecule has 1 aliphatic heterocycles. The van der Waals surface area contributed by atoms with Crippen molar-refractivity contribution < 1.29 is 4.79 Å². The van der Waals surface area contributed by atoms with Gasteiger partial charge in [0.05, 0.1) is 29.7 Å². The van der Waals surface area contributed by atoms with E-state index in [4.69, 9.17) is 11.6 Å². The number of halogens is 1. The van der Waals surface area contributed by atoms with E-state index in [1.807, 2.05) is 54.7 Å². The summed E-state index contributed by atoms with van der Waals surface area (Å²) in [4.78, 5) is 17.5. The van der Waals surface area contributed by atoms with Gasteiger partial charge in [-0.05, 0) is 42.4 Å². The number of benzene rings is 2. The van der Waals surface area contributed by atoms with E-state index in [-0.39, 0.29) is 12.3 Å². The highest BCUT2D eigenvalue weighted by Gasteiger charge is 2.19. The second kappa shape index (κ2) is 9.32. The number of nitrogens with zero attached hydrogens (tertiary/aromatic N) is 4. The zero-order chi connectivity index (χ0) is 20.9. The molecule has 1 amide bonds. The van der Waals surface area contributed by atoms with Crippen LogP contribution in [0.25, 0.3) is 5.69 Å². The number of piperazine rings is 1. The molecule has 1 N–H and O–H groups in total. The number of para-hydroxylation sites is 1. The summed E-state index contributed by atoms with van der Waals surface area (Å²) in [6, 6.07) is 15.5. The molecule has 2 heterocycles. The molecule has 0 saturated carbocycles. The van der Waals surface area contributed by atoms with Crippen molar-refractivity contribution >= 4 is 28.9 Å². The van der Waals surface area contributed by atoms with Crippen LogP contribution in [0.5, 0.6) is 0 Å². The minimum atomic E-state index is -0.0849. The van der Waals surface area contributed by atoms with Crippen LogP contribution >= 0.6 is 11.6 Å². The minimum Gasteiger partial charge on any atom is -0.367 e. The maximum Gasteiger partial charge on any atom is 0.228 e. The third-order valence-corrected chi connectivity index (χ3v) is 5.65. The van der Waals surface area contributed by atoms with Gasteiger partial charge in [-0.2, -0.15) is 5.10 Å². The maximum absolute atomic E-state index is 12.8. The van der Waals surface area contributed by atoms with E-state index in [9.17, 15) is 4.79 Å². The van der Waals surface area contributed by atoms with E-state index in [0.29, 0.717) is 5.02 Å². The van der Waals surface area contributed by atoms with Crippen LogP contribution in [0.3, 0.4) is 0 Å². The Balaban J connectivity index is 1.44. The molecule has 2 aromatic carbocycles. The first-order valence-electron chi connectivity index (χ1n) is 10.3. The Morgan fingerprint density at radius 3 is 2.60 bits per heavy atom. The smallest absolute Gasteiger partial charge is 0.228 e. The number of carbonyl (C=O) groups is 1. The first kappa shape index (κ1) is 20.4. The number of likely N-dealkylation sites (N-methyl/N-ethyl adjacent to an activating group) is 1. The summed E-state index contributed by atoms with van der Waals surface area (Å²) < 4.78 is 1.78.